The lowest BCUT2D eigenvalue weighted by Crippen LogP contribution is -2.03. The second-order valence-electron chi connectivity index (χ2n) is 3.21. The summed E-state index contributed by atoms with van der Waals surface area (Å²) < 4.78 is 0. The molecule has 1 aliphatic rings. The highest BCUT2D eigenvalue weighted by Crippen LogP contribution is 2.22. The van der Waals surface area contributed by atoms with Crippen LogP contribution in [0.1, 0.15) is 27.2 Å². The second-order valence-corrected chi connectivity index (χ2v) is 3.21. The monoisotopic (exact) mass is 163 g/mol. The molecule has 1 heteroatoms. The van der Waals surface area contributed by atoms with Crippen molar-refractivity contribution in [1.82, 2.24) is 5.32 Å². The Kier molecular flexibility index (Phi) is 3.15. The molecule has 0 saturated carbocycles. The largest absolute Gasteiger partial charge is 0.365 e. The topological polar surface area (TPSA) is 12.0 Å². The summed E-state index contributed by atoms with van der Waals surface area (Å²) in [5, 5.41) is 3.26. The van der Waals surface area contributed by atoms with E-state index in [2.05, 4.69) is 50.5 Å². The fraction of sp³-hybridized carbons (Fsp3) is 0.455. The SMILES string of the molecule is CC/C=C\C=C1\NC=C(C)C1C. The van der Waals surface area contributed by atoms with Crippen LogP contribution in [0.25, 0.3) is 0 Å². The lowest BCUT2D eigenvalue weighted by molar-refractivity contribution is 0.803. The van der Waals surface area contributed by atoms with Gasteiger partial charge in [-0.1, -0.05) is 26.0 Å². The molecule has 1 N–H and O–H groups in total. The molecule has 0 aromatic rings. The normalized spacial score (nSPS) is 26.4. The molecule has 12 heavy (non-hydrogen) atoms. The van der Waals surface area contributed by atoms with Gasteiger partial charge in [-0.25, -0.2) is 0 Å². The van der Waals surface area contributed by atoms with Crippen molar-refractivity contribution >= 4 is 0 Å². The van der Waals surface area contributed by atoms with Crippen LogP contribution in [0.5, 0.6) is 0 Å². The minimum absolute atomic E-state index is 0.562. The van der Waals surface area contributed by atoms with Crippen LogP contribution in [0.15, 0.2) is 35.7 Å². The molecular formula is C11H17N. The molecule has 66 valence electrons. The maximum absolute atomic E-state index is 3.26. The van der Waals surface area contributed by atoms with E-state index in [1.807, 2.05) is 0 Å². The van der Waals surface area contributed by atoms with Crippen LogP contribution >= 0.6 is 0 Å². The minimum Gasteiger partial charge on any atom is -0.365 e. The summed E-state index contributed by atoms with van der Waals surface area (Å²) in [4.78, 5) is 0. The van der Waals surface area contributed by atoms with Crippen molar-refractivity contribution in [3.05, 3.63) is 35.7 Å². The molecule has 0 radical (unpaired) electrons. The molecule has 0 saturated heterocycles. The van der Waals surface area contributed by atoms with E-state index in [4.69, 9.17) is 0 Å². The quantitative estimate of drug-likeness (QED) is 0.660. The van der Waals surface area contributed by atoms with Crippen LogP contribution < -0.4 is 5.32 Å². The minimum atomic E-state index is 0.562. The first-order valence-electron chi connectivity index (χ1n) is 4.55. The van der Waals surface area contributed by atoms with E-state index in [0.29, 0.717) is 5.92 Å². The third-order valence-electron chi connectivity index (χ3n) is 2.26. The molecule has 1 unspecified atom stereocenters. The zero-order chi connectivity index (χ0) is 8.97. The summed E-state index contributed by atoms with van der Waals surface area (Å²) in [5.74, 6) is 0.562. The summed E-state index contributed by atoms with van der Waals surface area (Å²) in [7, 11) is 0. The summed E-state index contributed by atoms with van der Waals surface area (Å²) in [5.41, 5.74) is 2.71. The van der Waals surface area contributed by atoms with Gasteiger partial charge in [0.15, 0.2) is 0 Å². The Morgan fingerprint density at radius 1 is 1.58 bits per heavy atom. The Morgan fingerprint density at radius 2 is 2.33 bits per heavy atom. The molecule has 0 aromatic carbocycles. The molecule has 0 spiro atoms. The van der Waals surface area contributed by atoms with Gasteiger partial charge >= 0.3 is 0 Å². The molecule has 1 rings (SSSR count). The molecule has 1 aliphatic heterocycles. The van der Waals surface area contributed by atoms with Crippen LogP contribution in [0.2, 0.25) is 0 Å². The molecule has 1 heterocycles. The fourth-order valence-electron chi connectivity index (χ4n) is 1.19. The van der Waals surface area contributed by atoms with Gasteiger partial charge in [0.1, 0.15) is 0 Å². The van der Waals surface area contributed by atoms with Crippen LogP contribution in [0, 0.1) is 5.92 Å². The van der Waals surface area contributed by atoms with Gasteiger partial charge < -0.3 is 5.32 Å². The zero-order valence-corrected chi connectivity index (χ0v) is 8.09. The molecule has 0 aromatic heterocycles. The van der Waals surface area contributed by atoms with E-state index >= 15 is 0 Å². The number of hydrogen-bond donors (Lipinski definition) is 1. The van der Waals surface area contributed by atoms with E-state index in [1.165, 1.54) is 11.3 Å². The van der Waals surface area contributed by atoms with E-state index in [1.54, 1.807) is 0 Å². The Balaban J connectivity index is 2.57. The predicted octanol–water partition coefficient (Wildman–Crippen LogP) is 2.98. The van der Waals surface area contributed by atoms with Crippen LogP contribution in [-0.2, 0) is 0 Å². The van der Waals surface area contributed by atoms with Crippen molar-refractivity contribution in [2.24, 2.45) is 5.92 Å². The molecule has 1 nitrogen and oxygen atoms in total. The molecule has 0 bridgehead atoms. The average molecular weight is 163 g/mol. The third kappa shape index (κ3) is 2.00. The van der Waals surface area contributed by atoms with Crippen LogP contribution in [-0.4, -0.2) is 0 Å². The van der Waals surface area contributed by atoms with Crippen molar-refractivity contribution in [1.29, 1.82) is 0 Å². The summed E-state index contributed by atoms with van der Waals surface area (Å²) >= 11 is 0. The number of rotatable bonds is 2. The van der Waals surface area contributed by atoms with Gasteiger partial charge in [0.2, 0.25) is 0 Å². The van der Waals surface area contributed by atoms with Gasteiger partial charge in [-0.3, -0.25) is 0 Å². The van der Waals surface area contributed by atoms with Crippen LogP contribution in [0.4, 0.5) is 0 Å². The highest BCUT2D eigenvalue weighted by atomic mass is 14.9. The van der Waals surface area contributed by atoms with Crippen molar-refractivity contribution in [2.75, 3.05) is 0 Å². The smallest absolute Gasteiger partial charge is 0.0216 e. The maximum atomic E-state index is 3.26. The van der Waals surface area contributed by atoms with Gasteiger partial charge in [-0.2, -0.15) is 0 Å². The van der Waals surface area contributed by atoms with Gasteiger partial charge in [0.05, 0.1) is 0 Å². The molecule has 1 atom stereocenters. The fourth-order valence-corrected chi connectivity index (χ4v) is 1.19. The van der Waals surface area contributed by atoms with E-state index in [-0.39, 0.29) is 0 Å². The first kappa shape index (κ1) is 9.11. The van der Waals surface area contributed by atoms with E-state index in [0.717, 1.165) is 6.42 Å². The lowest BCUT2D eigenvalue weighted by atomic mass is 10.0. The van der Waals surface area contributed by atoms with Gasteiger partial charge in [0, 0.05) is 17.8 Å². The number of hydrogen-bond acceptors (Lipinski definition) is 1. The van der Waals surface area contributed by atoms with Crippen molar-refractivity contribution in [2.45, 2.75) is 27.2 Å². The van der Waals surface area contributed by atoms with Crippen LogP contribution in [0.3, 0.4) is 0 Å². The number of allylic oxidation sites excluding steroid dienone is 4. The molecule has 0 fully saturated rings. The van der Waals surface area contributed by atoms with Crippen molar-refractivity contribution < 1.29 is 0 Å². The summed E-state index contributed by atoms with van der Waals surface area (Å²) in [6, 6.07) is 0. The Bertz CT molecular complexity index is 233. The summed E-state index contributed by atoms with van der Waals surface area (Å²) in [6.45, 7) is 6.52. The van der Waals surface area contributed by atoms with Gasteiger partial charge in [-0.05, 0) is 25.0 Å². The first-order chi connectivity index (χ1) is 5.75. The first-order valence-corrected chi connectivity index (χ1v) is 4.55. The Hall–Kier alpha value is -0.980. The third-order valence-corrected chi connectivity index (χ3v) is 2.26. The highest BCUT2D eigenvalue weighted by molar-refractivity contribution is 5.28. The standard InChI is InChI=1S/C11H17N/c1-4-5-6-7-11-10(3)9(2)8-12-11/h5-8,10,12H,4H2,1-3H3/b6-5-,11-7+. The zero-order valence-electron chi connectivity index (χ0n) is 8.09. The summed E-state index contributed by atoms with van der Waals surface area (Å²) in [6.07, 6.45) is 9.61. The second kappa shape index (κ2) is 4.15. The molecular weight excluding hydrogens is 146 g/mol. The number of nitrogens with one attached hydrogen (secondary N) is 1. The average Bonchev–Trinajstić information content (AvgIpc) is 2.36. The Labute approximate surface area is 74.9 Å². The molecule has 0 amide bonds. The van der Waals surface area contributed by atoms with Gasteiger partial charge in [-0.15, -0.1) is 0 Å². The van der Waals surface area contributed by atoms with E-state index < -0.39 is 0 Å². The molecule has 0 aliphatic carbocycles. The van der Waals surface area contributed by atoms with E-state index in [9.17, 15) is 0 Å². The lowest BCUT2D eigenvalue weighted by Gasteiger charge is -2.05. The highest BCUT2D eigenvalue weighted by Gasteiger charge is 2.14. The van der Waals surface area contributed by atoms with Crippen molar-refractivity contribution in [3.8, 4) is 0 Å². The predicted molar refractivity (Wildman–Crippen MR) is 53.6 cm³/mol. The maximum Gasteiger partial charge on any atom is 0.0216 e. The van der Waals surface area contributed by atoms with Crippen molar-refractivity contribution in [3.63, 3.8) is 0 Å². The Morgan fingerprint density at radius 3 is 2.83 bits per heavy atom. The van der Waals surface area contributed by atoms with Gasteiger partial charge in [0.25, 0.3) is 0 Å².